The second kappa shape index (κ2) is 7.93. The smallest absolute Gasteiger partial charge is 0.329 e. The van der Waals surface area contributed by atoms with Gasteiger partial charge in [0.05, 0.1) is 7.11 Å². The molecule has 0 N–H and O–H groups in total. The van der Waals surface area contributed by atoms with Crippen LogP contribution in [-0.2, 0) is 19.1 Å². The van der Waals surface area contributed by atoms with E-state index >= 15 is 0 Å². The van der Waals surface area contributed by atoms with Crippen LogP contribution in [0.4, 0.5) is 0 Å². The Balaban J connectivity index is 2.16. The van der Waals surface area contributed by atoms with Crippen LogP contribution >= 0.6 is 0 Å². The van der Waals surface area contributed by atoms with Crippen molar-refractivity contribution in [3.8, 4) is 17.6 Å². The molecule has 0 aromatic heterocycles. The standard InChI is InChI=1S/C18H15NO6/c1-11-9-14(21)17(18(22)25-11)13(20)5-3-12-4-6-15(24-8-7-19)16(10-12)23-2/h3-6,9-10,17H,8H2,1-2H3. The fraction of sp³-hybridized carbons (Fsp3) is 0.222. The van der Waals surface area contributed by atoms with Crippen LogP contribution in [-0.4, -0.2) is 31.3 Å². The van der Waals surface area contributed by atoms with Crippen LogP contribution in [0.2, 0.25) is 0 Å². The van der Waals surface area contributed by atoms with E-state index in [0.717, 1.165) is 12.2 Å². The molecule has 0 spiro atoms. The molecule has 128 valence electrons. The second-order valence-electron chi connectivity index (χ2n) is 5.10. The Hall–Kier alpha value is -3.40. The third-order valence-electron chi connectivity index (χ3n) is 3.33. The molecule has 0 amide bonds. The predicted octanol–water partition coefficient (Wildman–Crippen LogP) is 1.83. The van der Waals surface area contributed by atoms with Gasteiger partial charge >= 0.3 is 5.97 Å². The molecule has 0 saturated carbocycles. The molecule has 1 unspecified atom stereocenters. The van der Waals surface area contributed by atoms with Gasteiger partial charge in [-0.05, 0) is 30.7 Å². The number of nitrogens with zero attached hydrogens (tertiary/aromatic N) is 1. The van der Waals surface area contributed by atoms with Crippen LogP contribution < -0.4 is 9.47 Å². The zero-order chi connectivity index (χ0) is 18.4. The minimum atomic E-state index is -1.47. The Labute approximate surface area is 144 Å². The average Bonchev–Trinajstić information content (AvgIpc) is 2.57. The summed E-state index contributed by atoms with van der Waals surface area (Å²) in [5.41, 5.74) is 0.595. The first kappa shape index (κ1) is 17.9. The molecule has 25 heavy (non-hydrogen) atoms. The first-order chi connectivity index (χ1) is 12.0. The first-order valence-corrected chi connectivity index (χ1v) is 7.30. The number of allylic oxidation sites excluding steroid dienone is 3. The zero-order valence-corrected chi connectivity index (χ0v) is 13.6. The molecular formula is C18H15NO6. The fourth-order valence-electron chi connectivity index (χ4n) is 2.19. The molecule has 7 heteroatoms. The average molecular weight is 341 g/mol. The molecule has 2 rings (SSSR count). The lowest BCUT2D eigenvalue weighted by molar-refractivity contribution is -0.151. The summed E-state index contributed by atoms with van der Waals surface area (Å²) in [4.78, 5) is 35.7. The summed E-state index contributed by atoms with van der Waals surface area (Å²) in [6, 6.07) is 6.68. The molecule has 1 heterocycles. The number of benzene rings is 1. The predicted molar refractivity (Wildman–Crippen MR) is 86.5 cm³/mol. The van der Waals surface area contributed by atoms with E-state index in [1.807, 2.05) is 6.07 Å². The number of hydrogen-bond donors (Lipinski definition) is 0. The van der Waals surface area contributed by atoms with Crippen LogP contribution in [0.25, 0.3) is 6.08 Å². The zero-order valence-electron chi connectivity index (χ0n) is 13.6. The minimum absolute atomic E-state index is 0.122. The molecule has 0 saturated heterocycles. The molecule has 0 bridgehead atoms. The maximum Gasteiger partial charge on any atom is 0.329 e. The molecule has 1 aliphatic heterocycles. The van der Waals surface area contributed by atoms with Crippen molar-refractivity contribution in [3.05, 3.63) is 41.7 Å². The number of esters is 1. The number of methoxy groups -OCH3 is 1. The molecule has 0 radical (unpaired) electrons. The Kier molecular flexibility index (Phi) is 5.69. The highest BCUT2D eigenvalue weighted by atomic mass is 16.5. The van der Waals surface area contributed by atoms with Crippen LogP contribution in [0.3, 0.4) is 0 Å². The van der Waals surface area contributed by atoms with Gasteiger partial charge in [-0.3, -0.25) is 14.4 Å². The van der Waals surface area contributed by atoms with Gasteiger partial charge in [0.2, 0.25) is 0 Å². The Morgan fingerprint density at radius 3 is 2.76 bits per heavy atom. The number of rotatable bonds is 6. The summed E-state index contributed by atoms with van der Waals surface area (Å²) in [5, 5.41) is 8.54. The van der Waals surface area contributed by atoms with E-state index < -0.39 is 23.5 Å². The number of nitriles is 1. The van der Waals surface area contributed by atoms with Crippen LogP contribution in [0.5, 0.6) is 11.5 Å². The molecule has 0 fully saturated rings. The molecule has 1 aromatic carbocycles. The summed E-state index contributed by atoms with van der Waals surface area (Å²) in [5.74, 6) is -2.67. The fourth-order valence-corrected chi connectivity index (χ4v) is 2.19. The van der Waals surface area contributed by atoms with Gasteiger partial charge < -0.3 is 14.2 Å². The molecule has 7 nitrogen and oxygen atoms in total. The minimum Gasteiger partial charge on any atom is -0.493 e. The Morgan fingerprint density at radius 2 is 2.12 bits per heavy atom. The van der Waals surface area contributed by atoms with Crippen LogP contribution in [0, 0.1) is 17.2 Å². The van der Waals surface area contributed by atoms with Gasteiger partial charge in [0.15, 0.2) is 35.6 Å². The van der Waals surface area contributed by atoms with E-state index in [1.165, 1.54) is 20.1 Å². The number of ketones is 2. The largest absolute Gasteiger partial charge is 0.493 e. The number of carbonyl (C=O) groups excluding carboxylic acids is 3. The summed E-state index contributed by atoms with van der Waals surface area (Å²) >= 11 is 0. The van der Waals surface area contributed by atoms with Crippen molar-refractivity contribution in [2.45, 2.75) is 6.92 Å². The van der Waals surface area contributed by atoms with Crippen LogP contribution in [0.1, 0.15) is 12.5 Å². The SMILES string of the molecule is COc1cc(C=CC(=O)C2C(=O)C=C(C)OC2=O)ccc1OCC#N. The lowest BCUT2D eigenvalue weighted by atomic mass is 9.96. The highest BCUT2D eigenvalue weighted by Gasteiger charge is 2.36. The Bertz CT molecular complexity index is 815. The van der Waals surface area contributed by atoms with Crippen molar-refractivity contribution in [1.29, 1.82) is 5.26 Å². The summed E-state index contributed by atoms with van der Waals surface area (Å²) in [6.45, 7) is 1.34. The third kappa shape index (κ3) is 4.32. The second-order valence-corrected chi connectivity index (χ2v) is 5.10. The van der Waals surface area contributed by atoms with Crippen molar-refractivity contribution < 1.29 is 28.6 Å². The molecule has 0 aliphatic carbocycles. The summed E-state index contributed by atoms with van der Waals surface area (Å²) < 4.78 is 15.2. The van der Waals surface area contributed by atoms with Gasteiger partial charge in [-0.25, -0.2) is 0 Å². The van der Waals surface area contributed by atoms with Crippen LogP contribution in [0.15, 0.2) is 36.1 Å². The quantitative estimate of drug-likeness (QED) is 0.442. The van der Waals surface area contributed by atoms with Gasteiger partial charge in [-0.15, -0.1) is 0 Å². The number of hydrogen-bond acceptors (Lipinski definition) is 7. The highest BCUT2D eigenvalue weighted by Crippen LogP contribution is 2.28. The number of ether oxygens (including phenoxy) is 3. The first-order valence-electron chi connectivity index (χ1n) is 7.30. The van der Waals surface area contributed by atoms with E-state index in [2.05, 4.69) is 0 Å². The molecule has 1 aromatic rings. The van der Waals surface area contributed by atoms with E-state index in [4.69, 9.17) is 19.5 Å². The molecule has 1 aliphatic rings. The highest BCUT2D eigenvalue weighted by molar-refractivity contribution is 6.25. The van der Waals surface area contributed by atoms with Gasteiger partial charge in [0.25, 0.3) is 0 Å². The number of carbonyl (C=O) groups is 3. The van der Waals surface area contributed by atoms with E-state index in [0.29, 0.717) is 17.1 Å². The maximum atomic E-state index is 12.1. The van der Waals surface area contributed by atoms with Gasteiger partial charge in [0.1, 0.15) is 11.8 Å². The van der Waals surface area contributed by atoms with Crippen molar-refractivity contribution in [2.24, 2.45) is 5.92 Å². The Morgan fingerprint density at radius 1 is 1.36 bits per heavy atom. The normalized spacial score (nSPS) is 16.8. The van der Waals surface area contributed by atoms with Crippen molar-refractivity contribution >= 4 is 23.6 Å². The van der Waals surface area contributed by atoms with Gasteiger partial charge in [0, 0.05) is 6.08 Å². The van der Waals surface area contributed by atoms with E-state index in [1.54, 1.807) is 18.2 Å². The topological polar surface area (TPSA) is 103 Å². The van der Waals surface area contributed by atoms with Gasteiger partial charge in [-0.2, -0.15) is 5.26 Å². The maximum absolute atomic E-state index is 12.1. The lowest BCUT2D eigenvalue weighted by Crippen LogP contribution is -2.34. The monoisotopic (exact) mass is 341 g/mol. The van der Waals surface area contributed by atoms with Gasteiger partial charge in [-0.1, -0.05) is 12.1 Å². The van der Waals surface area contributed by atoms with E-state index in [9.17, 15) is 14.4 Å². The van der Waals surface area contributed by atoms with Crippen molar-refractivity contribution in [1.82, 2.24) is 0 Å². The molecular weight excluding hydrogens is 326 g/mol. The number of cyclic esters (lactones) is 1. The molecule has 1 atom stereocenters. The summed E-state index contributed by atoms with van der Waals surface area (Å²) in [6.07, 6.45) is 3.72. The van der Waals surface area contributed by atoms with Crippen molar-refractivity contribution in [3.63, 3.8) is 0 Å². The van der Waals surface area contributed by atoms with Crippen molar-refractivity contribution in [2.75, 3.05) is 13.7 Å². The summed E-state index contributed by atoms with van der Waals surface area (Å²) in [7, 11) is 1.44. The lowest BCUT2D eigenvalue weighted by Gasteiger charge is -2.15. The van der Waals surface area contributed by atoms with E-state index in [-0.39, 0.29) is 12.4 Å². The third-order valence-corrected chi connectivity index (χ3v) is 3.33.